The number of carbonyl (C=O) groups excluding carboxylic acids is 1. The second kappa shape index (κ2) is 6.99. The van der Waals surface area contributed by atoms with Crippen molar-refractivity contribution < 1.29 is 17.9 Å². The zero-order chi connectivity index (χ0) is 14.5. The molecule has 108 valence electrons. The van der Waals surface area contributed by atoms with Gasteiger partial charge in [0.25, 0.3) is 0 Å². The van der Waals surface area contributed by atoms with E-state index in [1.54, 1.807) is 13.2 Å². The lowest BCUT2D eigenvalue weighted by Crippen LogP contribution is -2.34. The summed E-state index contributed by atoms with van der Waals surface area (Å²) in [4.78, 5) is 12.4. The summed E-state index contributed by atoms with van der Waals surface area (Å²) in [5.41, 5.74) is 0. The third-order valence-electron chi connectivity index (χ3n) is 2.41. The van der Waals surface area contributed by atoms with Crippen LogP contribution in [0.3, 0.4) is 0 Å². The van der Waals surface area contributed by atoms with Crippen LogP contribution >= 0.6 is 11.3 Å². The number of methoxy groups -OCH3 is 1. The second-order valence-electron chi connectivity index (χ2n) is 4.19. The molecule has 0 aliphatic rings. The van der Waals surface area contributed by atoms with Gasteiger partial charge in [-0.15, -0.1) is 11.3 Å². The lowest BCUT2D eigenvalue weighted by Gasteiger charge is -2.12. The lowest BCUT2D eigenvalue weighted by molar-refractivity contribution is -0.121. The van der Waals surface area contributed by atoms with E-state index in [2.05, 4.69) is 5.32 Å². The Morgan fingerprint density at radius 1 is 1.53 bits per heavy atom. The number of hydrogen-bond acceptors (Lipinski definition) is 5. The number of carbonyl (C=O) groups is 1. The third-order valence-corrected chi connectivity index (χ3v) is 4.94. The Morgan fingerprint density at radius 2 is 2.21 bits per heavy atom. The van der Waals surface area contributed by atoms with Crippen molar-refractivity contribution in [2.24, 2.45) is 5.14 Å². The molecule has 0 aromatic carbocycles. The Hall–Kier alpha value is -0.960. The molecule has 3 N–H and O–H groups in total. The van der Waals surface area contributed by atoms with Gasteiger partial charge < -0.3 is 10.1 Å². The molecular weight excluding hydrogens is 288 g/mol. The van der Waals surface area contributed by atoms with E-state index >= 15 is 0 Å². The number of rotatable bonds is 7. The first-order chi connectivity index (χ1) is 8.82. The summed E-state index contributed by atoms with van der Waals surface area (Å²) < 4.78 is 27.2. The number of primary sulfonamides is 1. The van der Waals surface area contributed by atoms with Crippen molar-refractivity contribution in [1.29, 1.82) is 0 Å². The molecule has 1 rings (SSSR count). The molecule has 0 saturated carbocycles. The maximum absolute atomic E-state index is 11.7. The fourth-order valence-electron chi connectivity index (χ4n) is 1.46. The number of nitrogens with two attached hydrogens (primary N) is 1. The van der Waals surface area contributed by atoms with Crippen LogP contribution < -0.4 is 10.5 Å². The topological polar surface area (TPSA) is 98.5 Å². The molecule has 1 aromatic rings. The highest BCUT2D eigenvalue weighted by molar-refractivity contribution is 7.91. The monoisotopic (exact) mass is 306 g/mol. The number of nitrogens with one attached hydrogen (secondary N) is 1. The molecular formula is C11H18N2O4S2. The summed E-state index contributed by atoms with van der Waals surface area (Å²) in [7, 11) is -2.08. The number of ether oxygens (including phenoxy) is 1. The Bertz CT molecular complexity index is 525. The first kappa shape index (κ1) is 16.1. The van der Waals surface area contributed by atoms with Gasteiger partial charge in [0, 0.05) is 24.6 Å². The smallest absolute Gasteiger partial charge is 0.247 e. The summed E-state index contributed by atoms with van der Waals surface area (Å²) in [6.07, 6.45) is 0.882. The maximum atomic E-state index is 11.7. The van der Waals surface area contributed by atoms with Crippen LogP contribution in [-0.4, -0.2) is 34.1 Å². The molecule has 0 aliphatic heterocycles. The molecule has 0 aliphatic carbocycles. The zero-order valence-corrected chi connectivity index (χ0v) is 12.5. The average Bonchev–Trinajstić information content (AvgIpc) is 2.74. The van der Waals surface area contributed by atoms with E-state index in [1.165, 1.54) is 6.07 Å². The molecule has 19 heavy (non-hydrogen) atoms. The predicted octanol–water partition coefficient (Wildman–Crippen LogP) is 0.479. The van der Waals surface area contributed by atoms with Gasteiger partial charge in [-0.05, 0) is 25.5 Å². The number of sulfonamides is 1. The normalized spacial score (nSPS) is 13.2. The minimum Gasteiger partial charge on any atom is -0.385 e. The molecule has 0 saturated heterocycles. The third kappa shape index (κ3) is 5.68. The van der Waals surface area contributed by atoms with E-state index < -0.39 is 10.0 Å². The quantitative estimate of drug-likeness (QED) is 0.765. The van der Waals surface area contributed by atoms with Crippen LogP contribution in [0.5, 0.6) is 0 Å². The molecule has 0 fully saturated rings. The van der Waals surface area contributed by atoms with E-state index in [9.17, 15) is 13.2 Å². The second-order valence-corrected chi connectivity index (χ2v) is 7.15. The zero-order valence-electron chi connectivity index (χ0n) is 10.9. The van der Waals surface area contributed by atoms with Crippen molar-refractivity contribution in [2.75, 3.05) is 13.7 Å². The van der Waals surface area contributed by atoms with Crippen LogP contribution in [0.25, 0.3) is 0 Å². The SMILES string of the molecule is COCCC(C)NC(=O)Cc1ccc(S(N)(=O)=O)s1. The highest BCUT2D eigenvalue weighted by Crippen LogP contribution is 2.20. The molecule has 1 unspecified atom stereocenters. The Labute approximate surface area is 117 Å². The van der Waals surface area contributed by atoms with Crippen LogP contribution in [0.4, 0.5) is 0 Å². The van der Waals surface area contributed by atoms with Crippen LogP contribution in [0, 0.1) is 0 Å². The van der Waals surface area contributed by atoms with E-state index in [0.29, 0.717) is 11.5 Å². The maximum Gasteiger partial charge on any atom is 0.247 e. The van der Waals surface area contributed by atoms with Crippen molar-refractivity contribution in [1.82, 2.24) is 5.32 Å². The molecule has 1 amide bonds. The summed E-state index contributed by atoms with van der Waals surface area (Å²) >= 11 is 1.01. The minimum atomic E-state index is -3.68. The minimum absolute atomic E-state index is 0.0186. The fourth-order valence-corrected chi connectivity index (χ4v) is 3.23. The van der Waals surface area contributed by atoms with Gasteiger partial charge in [-0.2, -0.15) is 0 Å². The molecule has 1 aromatic heterocycles. The van der Waals surface area contributed by atoms with Gasteiger partial charge in [0.2, 0.25) is 15.9 Å². The van der Waals surface area contributed by atoms with Crippen LogP contribution in [0.2, 0.25) is 0 Å². The molecule has 0 radical (unpaired) electrons. The van der Waals surface area contributed by atoms with E-state index in [1.807, 2.05) is 6.92 Å². The van der Waals surface area contributed by atoms with E-state index in [4.69, 9.17) is 9.88 Å². The predicted molar refractivity (Wildman–Crippen MR) is 73.5 cm³/mol. The molecule has 1 atom stereocenters. The first-order valence-corrected chi connectivity index (χ1v) is 8.09. The Balaban J connectivity index is 2.51. The summed E-state index contributed by atoms with van der Waals surface area (Å²) in [5.74, 6) is -0.147. The van der Waals surface area contributed by atoms with Crippen LogP contribution in [0.1, 0.15) is 18.2 Å². The van der Waals surface area contributed by atoms with Crippen molar-refractivity contribution in [3.63, 3.8) is 0 Å². The van der Waals surface area contributed by atoms with Crippen molar-refractivity contribution in [2.45, 2.75) is 30.0 Å². The van der Waals surface area contributed by atoms with Gasteiger partial charge in [-0.25, -0.2) is 13.6 Å². The van der Waals surface area contributed by atoms with Gasteiger partial charge in [-0.3, -0.25) is 4.79 Å². The highest BCUT2D eigenvalue weighted by atomic mass is 32.2. The number of hydrogen-bond donors (Lipinski definition) is 2. The summed E-state index contributed by atoms with van der Waals surface area (Å²) in [6, 6.07) is 3.03. The van der Waals surface area contributed by atoms with Gasteiger partial charge in [0.1, 0.15) is 4.21 Å². The first-order valence-electron chi connectivity index (χ1n) is 5.72. The fraction of sp³-hybridized carbons (Fsp3) is 0.545. The molecule has 6 nitrogen and oxygen atoms in total. The van der Waals surface area contributed by atoms with Crippen LogP contribution in [-0.2, 0) is 26.0 Å². The average molecular weight is 306 g/mol. The standard InChI is InChI=1S/C11H18N2O4S2/c1-8(5-6-17-2)13-10(14)7-9-3-4-11(18-9)19(12,15)16/h3-4,8H,5-7H2,1-2H3,(H,13,14)(H2,12,15,16). The van der Waals surface area contributed by atoms with Gasteiger partial charge in [-0.1, -0.05) is 0 Å². The van der Waals surface area contributed by atoms with E-state index in [-0.39, 0.29) is 22.6 Å². The molecule has 1 heterocycles. The largest absolute Gasteiger partial charge is 0.385 e. The summed E-state index contributed by atoms with van der Waals surface area (Å²) in [6.45, 7) is 2.47. The van der Waals surface area contributed by atoms with Gasteiger partial charge in [0.05, 0.1) is 6.42 Å². The molecule has 0 spiro atoms. The van der Waals surface area contributed by atoms with E-state index in [0.717, 1.165) is 17.8 Å². The van der Waals surface area contributed by atoms with Crippen molar-refractivity contribution in [3.8, 4) is 0 Å². The van der Waals surface area contributed by atoms with Crippen molar-refractivity contribution >= 4 is 27.3 Å². The lowest BCUT2D eigenvalue weighted by atomic mass is 10.2. The number of amides is 1. The Morgan fingerprint density at radius 3 is 2.74 bits per heavy atom. The summed E-state index contributed by atoms with van der Waals surface area (Å²) in [5, 5.41) is 7.82. The molecule has 8 heteroatoms. The van der Waals surface area contributed by atoms with Gasteiger partial charge in [0.15, 0.2) is 0 Å². The van der Waals surface area contributed by atoms with Crippen molar-refractivity contribution in [3.05, 3.63) is 17.0 Å². The highest BCUT2D eigenvalue weighted by Gasteiger charge is 2.14. The van der Waals surface area contributed by atoms with Crippen LogP contribution in [0.15, 0.2) is 16.3 Å². The Kier molecular flexibility index (Phi) is 5.92. The molecule has 0 bridgehead atoms. The number of thiophene rings is 1. The van der Waals surface area contributed by atoms with Gasteiger partial charge >= 0.3 is 0 Å².